The van der Waals surface area contributed by atoms with Gasteiger partial charge in [-0.3, -0.25) is 4.66 Å². The monoisotopic (exact) mass is 80.0 g/mol. The molecular formula is C2H5ClO. The van der Waals surface area contributed by atoms with E-state index in [4.69, 9.17) is 4.66 Å². The molecule has 4 heavy (non-hydrogen) atoms. The number of hydrogen-bond donors (Lipinski definition) is 1. The van der Waals surface area contributed by atoms with Crippen LogP contribution in [-0.2, 0) is 0 Å². The van der Waals surface area contributed by atoms with E-state index in [0.717, 1.165) is 0 Å². The maximum atomic E-state index is 6.47. The average Bonchev–Trinajstić information content (AvgIpc) is 1.50. The summed E-state index contributed by atoms with van der Waals surface area (Å²) in [6, 6.07) is 0. The van der Waals surface area contributed by atoms with Crippen LogP contribution in [0.4, 0.5) is 0 Å². The van der Waals surface area contributed by atoms with E-state index in [2.05, 4.69) is 25.0 Å². The van der Waals surface area contributed by atoms with Crippen LogP contribution in [0.25, 0.3) is 0 Å². The third-order valence-electron chi connectivity index (χ3n) is 0. The van der Waals surface area contributed by atoms with Crippen LogP contribution in [0.2, 0.25) is 0 Å². The van der Waals surface area contributed by atoms with Crippen LogP contribution in [0.3, 0.4) is 0 Å². The second kappa shape index (κ2) is 118000. The molecule has 0 amide bonds. The van der Waals surface area contributed by atoms with E-state index < -0.39 is 0 Å². The molecule has 0 saturated carbocycles. The predicted octanol–water partition coefficient (Wildman–Crippen LogP) is 0.935. The van der Waals surface area contributed by atoms with Gasteiger partial charge in [-0.25, -0.2) is 0 Å². The molecule has 2 heteroatoms. The van der Waals surface area contributed by atoms with Gasteiger partial charge in [0, 0.05) is 0 Å². The van der Waals surface area contributed by atoms with Gasteiger partial charge >= 0.3 is 0 Å². The van der Waals surface area contributed by atoms with Crippen molar-refractivity contribution in [3.05, 3.63) is 13.2 Å². The van der Waals surface area contributed by atoms with E-state index in [-0.39, 0.29) is 0 Å². The molecule has 0 aromatic heterocycles. The second-order valence-corrected chi connectivity index (χ2v) is 0. The molecule has 0 aliphatic carbocycles. The summed E-state index contributed by atoms with van der Waals surface area (Å²) in [5, 5.41) is 0. The van der Waals surface area contributed by atoms with Crippen LogP contribution in [-0.4, -0.2) is 4.66 Å². The summed E-state index contributed by atoms with van der Waals surface area (Å²) in [7, 11) is 0. The Hall–Kier alpha value is -0.0100. The Morgan fingerprint density at radius 2 is 1.25 bits per heavy atom. The van der Waals surface area contributed by atoms with E-state index in [1.165, 1.54) is 0 Å². The van der Waals surface area contributed by atoms with Crippen LogP contribution in [0.15, 0.2) is 13.2 Å². The summed E-state index contributed by atoms with van der Waals surface area (Å²) in [6.45, 7) is 6.00. The van der Waals surface area contributed by atoms with Crippen LogP contribution >= 0.6 is 11.9 Å². The standard InChI is InChI=1S/C2H4.ClHO/c2*1-2/h1-2H2;2H. The fourth-order valence-electron chi connectivity index (χ4n) is 0. The molecule has 1 N–H and O–H groups in total. The number of halogens is 1. The fraction of sp³-hybridized carbons (Fsp3) is 0. The zero-order valence-electron chi connectivity index (χ0n) is 2.24. The van der Waals surface area contributed by atoms with Crippen molar-refractivity contribution in [2.24, 2.45) is 0 Å². The largest absolute Gasteiger partial charge is 0.295 e. The van der Waals surface area contributed by atoms with Crippen molar-refractivity contribution in [1.29, 1.82) is 0 Å². The van der Waals surface area contributed by atoms with Gasteiger partial charge in [0.05, 0.1) is 11.9 Å². The minimum absolute atomic E-state index is 3.00. The molecule has 0 radical (unpaired) electrons. The van der Waals surface area contributed by atoms with Gasteiger partial charge in [-0.15, -0.1) is 13.2 Å². The first-order chi connectivity index (χ1) is 2.00. The predicted molar refractivity (Wildman–Crippen MR) is 19.3 cm³/mol. The summed E-state index contributed by atoms with van der Waals surface area (Å²) in [6.07, 6.45) is 0. The lowest BCUT2D eigenvalue weighted by Crippen LogP contribution is -0.913. The van der Waals surface area contributed by atoms with Crippen molar-refractivity contribution in [2.75, 3.05) is 0 Å². The van der Waals surface area contributed by atoms with E-state index in [0.29, 0.717) is 0 Å². The van der Waals surface area contributed by atoms with Crippen LogP contribution in [0.1, 0.15) is 0 Å². The topological polar surface area (TPSA) is 20.2 Å². The highest BCUT2D eigenvalue weighted by atomic mass is 35.5. The van der Waals surface area contributed by atoms with Crippen molar-refractivity contribution in [1.82, 2.24) is 0 Å². The highest BCUT2D eigenvalue weighted by Crippen LogP contribution is 1.31. The lowest BCUT2D eigenvalue weighted by molar-refractivity contribution is 0.632. The van der Waals surface area contributed by atoms with Crippen molar-refractivity contribution in [2.45, 2.75) is 0 Å². The molecule has 0 spiro atoms. The molecule has 0 aromatic rings. The van der Waals surface area contributed by atoms with Crippen molar-refractivity contribution in [3.8, 4) is 0 Å². The molecule has 0 aliphatic rings. The molecule has 0 bridgehead atoms. The lowest BCUT2D eigenvalue weighted by atomic mass is 11.3. The molecule has 0 saturated heterocycles. The molecule has 0 unspecified atom stereocenters. The number of hydrogen-bond acceptors (Lipinski definition) is 1. The summed E-state index contributed by atoms with van der Waals surface area (Å²) < 4.78 is 6.47. The summed E-state index contributed by atoms with van der Waals surface area (Å²) >= 11 is 3.64. The smallest absolute Gasteiger partial charge is 0.0579 e. The SMILES string of the molecule is C=C.OCl. The van der Waals surface area contributed by atoms with Crippen molar-refractivity contribution >= 4 is 11.9 Å². The van der Waals surface area contributed by atoms with Crippen molar-refractivity contribution < 1.29 is 4.66 Å². The maximum absolute atomic E-state index is 6.47. The first kappa shape index (κ1) is 9.01. The second-order valence-electron chi connectivity index (χ2n) is 0. The van der Waals surface area contributed by atoms with Gasteiger partial charge in [0.2, 0.25) is 0 Å². The Labute approximate surface area is 30.7 Å². The van der Waals surface area contributed by atoms with Gasteiger partial charge in [0.25, 0.3) is 0 Å². The van der Waals surface area contributed by atoms with Gasteiger partial charge in [-0.1, -0.05) is 0 Å². The number of rotatable bonds is 0. The minimum Gasteiger partial charge on any atom is -0.295 e. The van der Waals surface area contributed by atoms with Gasteiger partial charge in [-0.2, -0.15) is 0 Å². The van der Waals surface area contributed by atoms with Gasteiger partial charge < -0.3 is 0 Å². The fourth-order valence-corrected chi connectivity index (χ4v) is 0. The zero-order valence-corrected chi connectivity index (χ0v) is 3.00. The van der Waals surface area contributed by atoms with Crippen LogP contribution in [0, 0.1) is 0 Å². The average molecular weight is 80.5 g/mol. The molecule has 0 heterocycles. The van der Waals surface area contributed by atoms with Gasteiger partial charge in [-0.05, 0) is 0 Å². The molecule has 0 aliphatic heterocycles. The Morgan fingerprint density at radius 1 is 1.25 bits per heavy atom. The Kier molecular flexibility index (Phi) is 267000. The van der Waals surface area contributed by atoms with E-state index in [9.17, 15) is 0 Å². The molecule has 0 aromatic carbocycles. The van der Waals surface area contributed by atoms with Crippen LogP contribution in [0.5, 0.6) is 0 Å². The molecule has 1 nitrogen and oxygen atoms in total. The maximum Gasteiger partial charge on any atom is 0.0579 e. The third-order valence-corrected chi connectivity index (χ3v) is 0. The normalized spacial score (nSPS) is 2.50. The quantitative estimate of drug-likeness (QED) is 0.429. The lowest BCUT2D eigenvalue weighted by Gasteiger charge is -1.13. The molecule has 26 valence electrons. The summed E-state index contributed by atoms with van der Waals surface area (Å²) in [5.74, 6) is 0. The van der Waals surface area contributed by atoms with E-state index >= 15 is 0 Å². The summed E-state index contributed by atoms with van der Waals surface area (Å²) in [4.78, 5) is 0. The highest BCUT2D eigenvalue weighted by Gasteiger charge is 0.897. The van der Waals surface area contributed by atoms with Gasteiger partial charge in [0.15, 0.2) is 0 Å². The highest BCUT2D eigenvalue weighted by molar-refractivity contribution is 6.04. The summed E-state index contributed by atoms with van der Waals surface area (Å²) in [5.41, 5.74) is 0. The first-order valence-corrected chi connectivity index (χ1v) is 1.01. The molecule has 0 fully saturated rings. The van der Waals surface area contributed by atoms with E-state index in [1.54, 1.807) is 0 Å². The molecule has 0 rings (SSSR count). The Bertz CT molecular complexity index is 6.00. The van der Waals surface area contributed by atoms with Crippen LogP contribution < -0.4 is 0 Å². The molecule has 0 atom stereocenters. The van der Waals surface area contributed by atoms with E-state index in [1.807, 2.05) is 0 Å². The minimum atomic E-state index is 3.00. The third kappa shape index (κ3) is 19500. The van der Waals surface area contributed by atoms with Crippen molar-refractivity contribution in [3.63, 3.8) is 0 Å². The van der Waals surface area contributed by atoms with Gasteiger partial charge in [0.1, 0.15) is 0 Å². The first-order valence-electron chi connectivity index (χ1n) is 0.669. The molecular weight excluding hydrogens is 75.5 g/mol. The Balaban J connectivity index is 0. The Morgan fingerprint density at radius 3 is 1.25 bits per heavy atom. The zero-order chi connectivity index (χ0) is 4.00.